The number of rotatable bonds is 7. The molecule has 0 saturated carbocycles. The summed E-state index contributed by atoms with van der Waals surface area (Å²) in [6, 6.07) is 2.81. The van der Waals surface area contributed by atoms with Crippen LogP contribution in [-0.4, -0.2) is 46.1 Å². The summed E-state index contributed by atoms with van der Waals surface area (Å²) < 4.78 is 32.5. The molecule has 0 unspecified atom stereocenters. The van der Waals surface area contributed by atoms with Crippen molar-refractivity contribution in [2.45, 2.75) is 19.4 Å². The second-order valence-electron chi connectivity index (χ2n) is 4.98. The Morgan fingerprint density at radius 1 is 1.43 bits per heavy atom. The summed E-state index contributed by atoms with van der Waals surface area (Å²) in [5.41, 5.74) is 0.546. The van der Waals surface area contributed by atoms with Crippen molar-refractivity contribution in [3.8, 4) is 0 Å². The van der Waals surface area contributed by atoms with Gasteiger partial charge >= 0.3 is 0 Å². The first-order valence-corrected chi connectivity index (χ1v) is 6.90. The van der Waals surface area contributed by atoms with E-state index in [0.717, 1.165) is 13.1 Å². The fourth-order valence-corrected chi connectivity index (χ4v) is 1.78. The molecule has 2 heterocycles. The Morgan fingerprint density at radius 3 is 2.83 bits per heavy atom. The van der Waals surface area contributed by atoms with E-state index in [1.54, 1.807) is 0 Å². The van der Waals surface area contributed by atoms with Crippen LogP contribution in [0.15, 0.2) is 24.5 Å². The molecule has 1 amide bonds. The van der Waals surface area contributed by atoms with Gasteiger partial charge in [-0.1, -0.05) is 5.21 Å². The molecule has 0 aromatic carbocycles. The molecule has 0 aliphatic rings. The van der Waals surface area contributed by atoms with Gasteiger partial charge in [0.05, 0.1) is 25.0 Å². The third-order valence-corrected chi connectivity index (χ3v) is 3.02. The first-order valence-electron chi connectivity index (χ1n) is 6.90. The van der Waals surface area contributed by atoms with E-state index in [1.165, 1.54) is 30.1 Å². The van der Waals surface area contributed by atoms with E-state index in [2.05, 4.69) is 20.6 Å². The summed E-state index contributed by atoms with van der Waals surface area (Å²) in [7, 11) is 1.54. The number of ether oxygens (including phenoxy) is 1. The van der Waals surface area contributed by atoms with Crippen molar-refractivity contribution in [1.29, 1.82) is 0 Å². The minimum atomic E-state index is -2.92. The van der Waals surface area contributed by atoms with Crippen LogP contribution in [0.4, 0.5) is 8.78 Å². The van der Waals surface area contributed by atoms with Gasteiger partial charge in [-0.2, -0.15) is 0 Å². The van der Waals surface area contributed by atoms with Crippen LogP contribution < -0.4 is 5.32 Å². The summed E-state index contributed by atoms with van der Waals surface area (Å²) in [4.78, 5) is 15.7. The molecule has 0 bridgehead atoms. The SMILES string of the molecule is COCCNC(=O)c1cn(Cc2ccc(C(C)(F)F)cn2)nn1. The van der Waals surface area contributed by atoms with Gasteiger partial charge in [-0.3, -0.25) is 9.78 Å². The predicted octanol–water partition coefficient (Wildman–Crippen LogP) is 1.21. The number of pyridine rings is 1. The Hall–Kier alpha value is -2.42. The summed E-state index contributed by atoms with van der Waals surface area (Å²) in [5, 5.41) is 10.2. The molecule has 0 saturated heterocycles. The van der Waals surface area contributed by atoms with Crippen molar-refractivity contribution in [1.82, 2.24) is 25.3 Å². The van der Waals surface area contributed by atoms with Crippen LogP contribution in [0.3, 0.4) is 0 Å². The maximum atomic E-state index is 13.1. The van der Waals surface area contributed by atoms with Gasteiger partial charge in [-0.25, -0.2) is 13.5 Å². The highest BCUT2D eigenvalue weighted by Crippen LogP contribution is 2.25. The molecular formula is C14H17F2N5O2. The molecule has 7 nitrogen and oxygen atoms in total. The quantitative estimate of drug-likeness (QED) is 0.774. The average Bonchev–Trinajstić information content (AvgIpc) is 2.95. The number of hydrogen-bond acceptors (Lipinski definition) is 5. The number of methoxy groups -OCH3 is 1. The first-order chi connectivity index (χ1) is 10.9. The lowest BCUT2D eigenvalue weighted by Crippen LogP contribution is -2.27. The molecule has 0 aliphatic carbocycles. The number of nitrogens with one attached hydrogen (secondary N) is 1. The van der Waals surface area contributed by atoms with Crippen LogP contribution in [0.2, 0.25) is 0 Å². The average molecular weight is 325 g/mol. The van der Waals surface area contributed by atoms with E-state index in [4.69, 9.17) is 4.74 Å². The van der Waals surface area contributed by atoms with E-state index in [9.17, 15) is 13.6 Å². The van der Waals surface area contributed by atoms with Gasteiger partial charge in [0.1, 0.15) is 0 Å². The van der Waals surface area contributed by atoms with Gasteiger partial charge < -0.3 is 10.1 Å². The molecule has 0 radical (unpaired) electrons. The number of amides is 1. The zero-order valence-corrected chi connectivity index (χ0v) is 12.8. The van der Waals surface area contributed by atoms with Crippen molar-refractivity contribution < 1.29 is 18.3 Å². The lowest BCUT2D eigenvalue weighted by Gasteiger charge is -2.10. The fourth-order valence-electron chi connectivity index (χ4n) is 1.78. The Labute approximate surface area is 131 Å². The maximum Gasteiger partial charge on any atom is 0.273 e. The van der Waals surface area contributed by atoms with E-state index < -0.39 is 5.92 Å². The topological polar surface area (TPSA) is 81.9 Å². The maximum absolute atomic E-state index is 13.1. The van der Waals surface area contributed by atoms with E-state index in [-0.39, 0.29) is 23.7 Å². The van der Waals surface area contributed by atoms with Gasteiger partial charge in [0.25, 0.3) is 11.8 Å². The Morgan fingerprint density at radius 2 is 2.22 bits per heavy atom. The standard InChI is InChI=1S/C14H17F2N5O2/c1-14(15,16)10-3-4-11(18-7-10)8-21-9-12(19-20-21)13(22)17-5-6-23-2/h3-4,7,9H,5-6,8H2,1-2H3,(H,17,22). The minimum Gasteiger partial charge on any atom is -0.383 e. The van der Waals surface area contributed by atoms with Crippen molar-refractivity contribution in [2.24, 2.45) is 0 Å². The second-order valence-corrected chi connectivity index (χ2v) is 4.98. The van der Waals surface area contributed by atoms with Crippen molar-refractivity contribution in [3.05, 3.63) is 41.5 Å². The van der Waals surface area contributed by atoms with E-state index in [0.29, 0.717) is 18.8 Å². The van der Waals surface area contributed by atoms with E-state index >= 15 is 0 Å². The number of hydrogen-bond donors (Lipinski definition) is 1. The molecule has 1 N–H and O–H groups in total. The predicted molar refractivity (Wildman–Crippen MR) is 77.1 cm³/mol. The Kier molecular flexibility index (Phi) is 5.32. The number of carbonyl (C=O) groups is 1. The molecule has 0 spiro atoms. The summed E-state index contributed by atoms with van der Waals surface area (Å²) in [6.45, 7) is 1.82. The van der Waals surface area contributed by atoms with Gasteiger partial charge in [-0.15, -0.1) is 5.10 Å². The highest BCUT2D eigenvalue weighted by Gasteiger charge is 2.24. The largest absolute Gasteiger partial charge is 0.383 e. The Balaban J connectivity index is 1.97. The molecule has 0 aliphatic heterocycles. The zero-order chi connectivity index (χ0) is 16.9. The number of aromatic nitrogens is 4. The zero-order valence-electron chi connectivity index (χ0n) is 12.8. The second kappa shape index (κ2) is 7.23. The smallest absolute Gasteiger partial charge is 0.273 e. The molecule has 0 fully saturated rings. The lowest BCUT2D eigenvalue weighted by atomic mass is 10.1. The van der Waals surface area contributed by atoms with E-state index in [1.807, 2.05) is 0 Å². The molecule has 2 rings (SSSR count). The first kappa shape index (κ1) is 16.9. The van der Waals surface area contributed by atoms with Gasteiger partial charge in [0, 0.05) is 32.3 Å². The number of halogens is 2. The Bertz CT molecular complexity index is 652. The molecule has 9 heteroatoms. The molecule has 0 atom stereocenters. The molecule has 23 heavy (non-hydrogen) atoms. The molecule has 124 valence electrons. The van der Waals surface area contributed by atoms with Crippen LogP contribution >= 0.6 is 0 Å². The highest BCUT2D eigenvalue weighted by atomic mass is 19.3. The normalized spacial score (nSPS) is 11.5. The molecular weight excluding hydrogens is 308 g/mol. The van der Waals surface area contributed by atoms with Crippen molar-refractivity contribution >= 4 is 5.91 Å². The lowest BCUT2D eigenvalue weighted by molar-refractivity contribution is 0.0171. The van der Waals surface area contributed by atoms with Crippen LogP contribution in [0.25, 0.3) is 0 Å². The summed E-state index contributed by atoms with van der Waals surface area (Å²) in [5.74, 6) is -3.28. The highest BCUT2D eigenvalue weighted by molar-refractivity contribution is 5.91. The van der Waals surface area contributed by atoms with Gasteiger partial charge in [0.15, 0.2) is 5.69 Å². The third kappa shape index (κ3) is 4.78. The van der Waals surface area contributed by atoms with Crippen molar-refractivity contribution in [2.75, 3.05) is 20.3 Å². The van der Waals surface area contributed by atoms with Crippen LogP contribution in [0, 0.1) is 0 Å². The molecule has 2 aromatic heterocycles. The van der Waals surface area contributed by atoms with Gasteiger partial charge in [0.2, 0.25) is 0 Å². The van der Waals surface area contributed by atoms with Crippen LogP contribution in [0.5, 0.6) is 0 Å². The fraction of sp³-hybridized carbons (Fsp3) is 0.429. The molecule has 2 aromatic rings. The van der Waals surface area contributed by atoms with Gasteiger partial charge in [-0.05, 0) is 12.1 Å². The summed E-state index contributed by atoms with van der Waals surface area (Å²) in [6.07, 6.45) is 2.59. The minimum absolute atomic E-state index is 0.155. The van der Waals surface area contributed by atoms with Crippen molar-refractivity contribution in [3.63, 3.8) is 0 Å². The number of carbonyl (C=O) groups excluding carboxylic acids is 1. The monoisotopic (exact) mass is 325 g/mol. The number of nitrogens with zero attached hydrogens (tertiary/aromatic N) is 4. The summed E-state index contributed by atoms with van der Waals surface area (Å²) >= 11 is 0. The number of alkyl halides is 2. The van der Waals surface area contributed by atoms with Crippen LogP contribution in [-0.2, 0) is 17.2 Å². The van der Waals surface area contributed by atoms with Crippen LogP contribution in [0.1, 0.15) is 28.7 Å². The third-order valence-electron chi connectivity index (χ3n) is 3.02.